The van der Waals surface area contributed by atoms with Crippen molar-refractivity contribution in [1.29, 1.82) is 0 Å². The number of aryl methyl sites for hydroxylation is 1. The molecule has 1 aliphatic rings. The topological polar surface area (TPSA) is 53.4 Å². The van der Waals surface area contributed by atoms with Crippen molar-refractivity contribution >= 4 is 22.4 Å². The summed E-state index contributed by atoms with van der Waals surface area (Å²) in [5.41, 5.74) is 0.212. The van der Waals surface area contributed by atoms with Crippen LogP contribution in [0.2, 0.25) is 0 Å². The predicted molar refractivity (Wildman–Crippen MR) is 73.7 cm³/mol. The molecule has 1 heterocycles. The molecule has 100 valence electrons. The standard InChI is InChI=1S/C13H20N2O2S/c1-3-15(10-7-5-4-6-8-10)13-14-11(12(16)17)9(2)18-13/h10H,3-8H2,1-2H3,(H,16,17). The molecule has 0 saturated heterocycles. The molecule has 5 heteroatoms. The summed E-state index contributed by atoms with van der Waals surface area (Å²) in [5.74, 6) is -0.922. The van der Waals surface area contributed by atoms with Crippen molar-refractivity contribution in [2.45, 2.75) is 52.0 Å². The highest BCUT2D eigenvalue weighted by Crippen LogP contribution is 2.31. The van der Waals surface area contributed by atoms with E-state index in [0.29, 0.717) is 6.04 Å². The third-order valence-electron chi connectivity index (χ3n) is 3.59. The fourth-order valence-corrected chi connectivity index (χ4v) is 3.68. The second-order valence-electron chi connectivity index (χ2n) is 4.78. The molecular formula is C13H20N2O2S. The molecule has 1 aliphatic carbocycles. The minimum Gasteiger partial charge on any atom is -0.476 e. The smallest absolute Gasteiger partial charge is 0.355 e. The Labute approximate surface area is 112 Å². The molecular weight excluding hydrogens is 248 g/mol. The second kappa shape index (κ2) is 5.69. The molecule has 1 saturated carbocycles. The summed E-state index contributed by atoms with van der Waals surface area (Å²) in [6.07, 6.45) is 6.28. The molecule has 4 nitrogen and oxygen atoms in total. The van der Waals surface area contributed by atoms with Gasteiger partial charge in [-0.15, -0.1) is 11.3 Å². The van der Waals surface area contributed by atoms with E-state index in [1.807, 2.05) is 6.92 Å². The first kappa shape index (κ1) is 13.3. The number of carbonyl (C=O) groups is 1. The Morgan fingerprint density at radius 3 is 2.61 bits per heavy atom. The summed E-state index contributed by atoms with van der Waals surface area (Å²) in [5, 5.41) is 9.94. The zero-order valence-corrected chi connectivity index (χ0v) is 11.8. The van der Waals surface area contributed by atoms with Gasteiger partial charge in [0.15, 0.2) is 10.8 Å². The highest BCUT2D eigenvalue weighted by atomic mass is 32.1. The number of aromatic nitrogens is 1. The summed E-state index contributed by atoms with van der Waals surface area (Å²) in [4.78, 5) is 18.4. The van der Waals surface area contributed by atoms with E-state index in [1.54, 1.807) is 0 Å². The summed E-state index contributed by atoms with van der Waals surface area (Å²) in [6.45, 7) is 4.85. The number of rotatable bonds is 4. The number of anilines is 1. The molecule has 0 amide bonds. The van der Waals surface area contributed by atoms with Crippen LogP contribution in [0.5, 0.6) is 0 Å². The van der Waals surface area contributed by atoms with Gasteiger partial charge in [-0.2, -0.15) is 0 Å². The molecule has 0 aromatic carbocycles. The largest absolute Gasteiger partial charge is 0.476 e. The van der Waals surface area contributed by atoms with Crippen LogP contribution in [0.25, 0.3) is 0 Å². The molecule has 1 aromatic rings. The minimum absolute atomic E-state index is 0.212. The highest BCUT2D eigenvalue weighted by Gasteiger charge is 2.24. The van der Waals surface area contributed by atoms with Gasteiger partial charge in [0.1, 0.15) is 0 Å². The molecule has 1 fully saturated rings. The third kappa shape index (κ3) is 2.66. The van der Waals surface area contributed by atoms with Crippen LogP contribution >= 0.6 is 11.3 Å². The Morgan fingerprint density at radius 1 is 1.44 bits per heavy atom. The quantitative estimate of drug-likeness (QED) is 0.910. The molecule has 0 bridgehead atoms. The molecule has 2 rings (SSSR count). The second-order valence-corrected chi connectivity index (χ2v) is 5.97. The van der Waals surface area contributed by atoms with Gasteiger partial charge in [0.05, 0.1) is 0 Å². The van der Waals surface area contributed by atoms with Gasteiger partial charge in [-0.25, -0.2) is 9.78 Å². The Hall–Kier alpha value is -1.10. The van der Waals surface area contributed by atoms with E-state index in [1.165, 1.54) is 43.4 Å². The van der Waals surface area contributed by atoms with E-state index in [4.69, 9.17) is 5.11 Å². The van der Waals surface area contributed by atoms with Gasteiger partial charge in [0.2, 0.25) is 0 Å². The first-order chi connectivity index (χ1) is 8.63. The van der Waals surface area contributed by atoms with E-state index in [9.17, 15) is 4.79 Å². The van der Waals surface area contributed by atoms with Crippen molar-refractivity contribution in [1.82, 2.24) is 4.98 Å². The third-order valence-corrected chi connectivity index (χ3v) is 4.60. The summed E-state index contributed by atoms with van der Waals surface area (Å²) >= 11 is 1.50. The lowest BCUT2D eigenvalue weighted by Gasteiger charge is -2.33. The van der Waals surface area contributed by atoms with Crippen LogP contribution in [-0.2, 0) is 0 Å². The molecule has 0 aliphatic heterocycles. The molecule has 18 heavy (non-hydrogen) atoms. The molecule has 0 spiro atoms. The van der Waals surface area contributed by atoms with Gasteiger partial charge in [0, 0.05) is 17.5 Å². The lowest BCUT2D eigenvalue weighted by Crippen LogP contribution is -2.36. The van der Waals surface area contributed by atoms with Crippen LogP contribution in [0, 0.1) is 6.92 Å². The fraction of sp³-hybridized carbons (Fsp3) is 0.692. The summed E-state index contributed by atoms with van der Waals surface area (Å²) in [7, 11) is 0. The number of nitrogens with zero attached hydrogens (tertiary/aromatic N) is 2. The van der Waals surface area contributed by atoms with Crippen molar-refractivity contribution in [2.75, 3.05) is 11.4 Å². The van der Waals surface area contributed by atoms with Gasteiger partial charge in [0.25, 0.3) is 0 Å². The molecule has 0 unspecified atom stereocenters. The number of aromatic carboxylic acids is 1. The Bertz CT molecular complexity index is 425. The Kier molecular flexibility index (Phi) is 4.22. The van der Waals surface area contributed by atoms with Crippen molar-refractivity contribution in [3.8, 4) is 0 Å². The van der Waals surface area contributed by atoms with Gasteiger partial charge >= 0.3 is 5.97 Å². The lowest BCUT2D eigenvalue weighted by molar-refractivity contribution is 0.0690. The van der Waals surface area contributed by atoms with Crippen LogP contribution in [-0.4, -0.2) is 28.6 Å². The number of thiazole rings is 1. The molecule has 0 atom stereocenters. The first-order valence-electron chi connectivity index (χ1n) is 6.60. The van der Waals surface area contributed by atoms with E-state index in [-0.39, 0.29) is 5.69 Å². The van der Waals surface area contributed by atoms with Gasteiger partial charge in [-0.1, -0.05) is 19.3 Å². The zero-order chi connectivity index (χ0) is 13.1. The molecule has 1 N–H and O–H groups in total. The van der Waals surface area contributed by atoms with Crippen LogP contribution in [0.1, 0.15) is 54.4 Å². The van der Waals surface area contributed by atoms with Gasteiger partial charge in [-0.3, -0.25) is 0 Å². The monoisotopic (exact) mass is 268 g/mol. The maximum absolute atomic E-state index is 11.0. The number of hydrogen-bond acceptors (Lipinski definition) is 4. The fourth-order valence-electron chi connectivity index (χ4n) is 2.65. The predicted octanol–water partition coefficient (Wildman–Crippen LogP) is 3.31. The highest BCUT2D eigenvalue weighted by molar-refractivity contribution is 7.15. The minimum atomic E-state index is -0.922. The average Bonchev–Trinajstić information content (AvgIpc) is 2.74. The van der Waals surface area contributed by atoms with Gasteiger partial charge < -0.3 is 10.0 Å². The Balaban J connectivity index is 2.21. The van der Waals surface area contributed by atoms with Crippen LogP contribution in [0.3, 0.4) is 0 Å². The van der Waals surface area contributed by atoms with Crippen molar-refractivity contribution in [3.05, 3.63) is 10.6 Å². The summed E-state index contributed by atoms with van der Waals surface area (Å²) < 4.78 is 0. The zero-order valence-electron chi connectivity index (χ0n) is 11.0. The Morgan fingerprint density at radius 2 is 2.11 bits per heavy atom. The van der Waals surface area contributed by atoms with Crippen molar-refractivity contribution < 1.29 is 9.90 Å². The first-order valence-corrected chi connectivity index (χ1v) is 7.42. The maximum Gasteiger partial charge on any atom is 0.355 e. The van der Waals surface area contributed by atoms with Crippen LogP contribution < -0.4 is 4.90 Å². The number of carboxylic acid groups (broad SMARTS) is 1. The van der Waals surface area contributed by atoms with Crippen molar-refractivity contribution in [3.63, 3.8) is 0 Å². The van der Waals surface area contributed by atoms with Gasteiger partial charge in [-0.05, 0) is 26.7 Å². The van der Waals surface area contributed by atoms with E-state index < -0.39 is 5.97 Å². The number of carboxylic acids is 1. The van der Waals surface area contributed by atoms with Crippen LogP contribution in [0.4, 0.5) is 5.13 Å². The van der Waals surface area contributed by atoms with E-state index in [2.05, 4.69) is 16.8 Å². The number of hydrogen-bond donors (Lipinski definition) is 1. The van der Waals surface area contributed by atoms with Crippen LogP contribution in [0.15, 0.2) is 0 Å². The molecule has 0 radical (unpaired) electrons. The maximum atomic E-state index is 11.0. The average molecular weight is 268 g/mol. The summed E-state index contributed by atoms with van der Waals surface area (Å²) in [6, 6.07) is 0.538. The van der Waals surface area contributed by atoms with E-state index in [0.717, 1.165) is 16.6 Å². The SMILES string of the molecule is CCN(c1nc(C(=O)O)c(C)s1)C1CCCCC1. The van der Waals surface area contributed by atoms with E-state index >= 15 is 0 Å². The normalized spacial score (nSPS) is 16.8. The lowest BCUT2D eigenvalue weighted by atomic mass is 9.94. The van der Waals surface area contributed by atoms with Crippen molar-refractivity contribution in [2.24, 2.45) is 0 Å². The molecule has 1 aromatic heterocycles.